The van der Waals surface area contributed by atoms with Crippen molar-refractivity contribution in [2.45, 2.75) is 40.9 Å². The quantitative estimate of drug-likeness (QED) is 0.493. The first-order chi connectivity index (χ1) is 14.1. The molecule has 3 aromatic rings. The second-order valence-electron chi connectivity index (χ2n) is 7.48. The number of para-hydroxylation sites is 1. The zero-order valence-electron chi connectivity index (χ0n) is 17.0. The summed E-state index contributed by atoms with van der Waals surface area (Å²) in [5.41, 5.74) is 0.966. The van der Waals surface area contributed by atoms with E-state index in [2.05, 4.69) is 35.5 Å². The molecule has 2 aromatic carbocycles. The van der Waals surface area contributed by atoms with Gasteiger partial charge in [0.15, 0.2) is 5.82 Å². The fourth-order valence-corrected chi connectivity index (χ4v) is 4.94. The Hall–Kier alpha value is -2.29. The van der Waals surface area contributed by atoms with Crippen LogP contribution in [0.4, 0.5) is 5.82 Å². The summed E-state index contributed by atoms with van der Waals surface area (Å²) < 4.78 is 33.8. The molecule has 30 heavy (non-hydrogen) atoms. The number of nitrogens with one attached hydrogen (secondary N) is 1. The first-order valence-electron chi connectivity index (χ1n) is 9.06. The van der Waals surface area contributed by atoms with Crippen LogP contribution in [-0.2, 0) is 15.4 Å². The molecule has 0 aliphatic rings. The third-order valence-corrected chi connectivity index (χ3v) is 7.20. The standard InChI is InChI=1S/C21H22ClN3O3S2/c1-21(2,3)14-9-11-15(12-10-14)30(26,27)25-20-18(19(22)23-13-24-20)29-17-8-6-5-7-16(17)28-4/h5-13H,1-4H3,(H,23,24,25). The molecule has 0 saturated heterocycles. The molecule has 158 valence electrons. The number of aromatic nitrogens is 2. The van der Waals surface area contributed by atoms with Crippen molar-refractivity contribution < 1.29 is 13.2 Å². The minimum absolute atomic E-state index is 0.0750. The van der Waals surface area contributed by atoms with Crippen LogP contribution in [0.15, 0.2) is 69.5 Å². The van der Waals surface area contributed by atoms with Crippen LogP contribution in [0.5, 0.6) is 5.75 Å². The van der Waals surface area contributed by atoms with Gasteiger partial charge in [0.25, 0.3) is 10.0 Å². The number of methoxy groups -OCH3 is 1. The first-order valence-corrected chi connectivity index (χ1v) is 11.7. The van der Waals surface area contributed by atoms with Crippen LogP contribution in [0.25, 0.3) is 0 Å². The highest BCUT2D eigenvalue weighted by molar-refractivity contribution is 8.00. The van der Waals surface area contributed by atoms with Crippen LogP contribution in [0.2, 0.25) is 5.15 Å². The third-order valence-electron chi connectivity index (χ3n) is 4.30. The number of hydrogen-bond donors (Lipinski definition) is 1. The van der Waals surface area contributed by atoms with Crippen molar-refractivity contribution in [2.75, 3.05) is 11.8 Å². The summed E-state index contributed by atoms with van der Waals surface area (Å²) in [5.74, 6) is 0.736. The Bertz CT molecular complexity index is 1140. The summed E-state index contributed by atoms with van der Waals surface area (Å²) in [6, 6.07) is 14.1. The van der Waals surface area contributed by atoms with Gasteiger partial charge in [-0.25, -0.2) is 18.4 Å². The van der Waals surface area contributed by atoms with E-state index in [4.69, 9.17) is 16.3 Å². The van der Waals surface area contributed by atoms with Crippen LogP contribution >= 0.6 is 23.4 Å². The van der Waals surface area contributed by atoms with Crippen molar-refractivity contribution in [1.29, 1.82) is 0 Å². The normalized spacial score (nSPS) is 11.9. The highest BCUT2D eigenvalue weighted by Gasteiger charge is 2.22. The van der Waals surface area contributed by atoms with Gasteiger partial charge in [0.1, 0.15) is 17.2 Å². The van der Waals surface area contributed by atoms with Gasteiger partial charge in [0, 0.05) is 0 Å². The predicted octanol–water partition coefficient (Wildman–Crippen LogP) is 5.39. The lowest BCUT2D eigenvalue weighted by Crippen LogP contribution is -2.16. The Morgan fingerprint density at radius 1 is 1.03 bits per heavy atom. The van der Waals surface area contributed by atoms with E-state index in [1.165, 1.54) is 18.1 Å². The zero-order chi connectivity index (χ0) is 21.9. The Morgan fingerprint density at radius 2 is 1.70 bits per heavy atom. The van der Waals surface area contributed by atoms with Crippen LogP contribution < -0.4 is 9.46 Å². The first kappa shape index (κ1) is 22.4. The second-order valence-corrected chi connectivity index (χ2v) is 10.6. The Morgan fingerprint density at radius 3 is 2.33 bits per heavy atom. The van der Waals surface area contributed by atoms with Crippen LogP contribution in [0.1, 0.15) is 26.3 Å². The molecule has 3 rings (SSSR count). The van der Waals surface area contributed by atoms with Gasteiger partial charge in [0.2, 0.25) is 0 Å². The van der Waals surface area contributed by atoms with Crippen molar-refractivity contribution in [3.05, 3.63) is 65.6 Å². The van der Waals surface area contributed by atoms with Crippen molar-refractivity contribution >= 4 is 39.2 Å². The summed E-state index contributed by atoms with van der Waals surface area (Å²) in [4.78, 5) is 9.38. The highest BCUT2D eigenvalue weighted by Crippen LogP contribution is 2.41. The summed E-state index contributed by atoms with van der Waals surface area (Å²) >= 11 is 7.50. The number of rotatable bonds is 6. The summed E-state index contributed by atoms with van der Waals surface area (Å²) in [6.45, 7) is 6.21. The SMILES string of the molecule is COc1ccccc1Sc1c(Cl)ncnc1NS(=O)(=O)c1ccc(C(C)(C)C)cc1. The molecule has 0 radical (unpaired) electrons. The van der Waals surface area contributed by atoms with Gasteiger partial charge in [-0.05, 0) is 35.2 Å². The number of hydrogen-bond acceptors (Lipinski definition) is 6. The summed E-state index contributed by atoms with van der Waals surface area (Å²) in [6.07, 6.45) is 1.22. The molecule has 1 heterocycles. The predicted molar refractivity (Wildman–Crippen MR) is 120 cm³/mol. The van der Waals surface area contributed by atoms with Crippen molar-refractivity contribution in [1.82, 2.24) is 9.97 Å². The lowest BCUT2D eigenvalue weighted by Gasteiger charge is -2.19. The van der Waals surface area contributed by atoms with E-state index in [1.807, 2.05) is 30.3 Å². The average molecular weight is 464 g/mol. The van der Waals surface area contributed by atoms with E-state index in [1.54, 1.807) is 25.3 Å². The van der Waals surface area contributed by atoms with Gasteiger partial charge in [0.05, 0.1) is 21.8 Å². The topological polar surface area (TPSA) is 81.2 Å². The highest BCUT2D eigenvalue weighted by atomic mass is 35.5. The van der Waals surface area contributed by atoms with Crippen LogP contribution in [0, 0.1) is 0 Å². The van der Waals surface area contributed by atoms with E-state index in [-0.39, 0.29) is 21.3 Å². The molecule has 0 unspecified atom stereocenters. The summed E-state index contributed by atoms with van der Waals surface area (Å²) in [7, 11) is -2.30. The Kier molecular flexibility index (Phi) is 6.59. The maximum Gasteiger partial charge on any atom is 0.263 e. The van der Waals surface area contributed by atoms with E-state index in [0.29, 0.717) is 10.6 Å². The maximum absolute atomic E-state index is 13.0. The minimum atomic E-state index is -3.87. The molecule has 9 heteroatoms. The van der Waals surface area contributed by atoms with Gasteiger partial charge < -0.3 is 4.74 Å². The third kappa shape index (κ3) is 5.06. The molecule has 0 saturated carbocycles. The second kappa shape index (κ2) is 8.83. The van der Waals surface area contributed by atoms with Crippen LogP contribution in [0.3, 0.4) is 0 Å². The van der Waals surface area contributed by atoms with E-state index in [0.717, 1.165) is 10.5 Å². The monoisotopic (exact) mass is 463 g/mol. The lowest BCUT2D eigenvalue weighted by atomic mass is 9.87. The molecule has 0 bridgehead atoms. The number of sulfonamides is 1. The number of nitrogens with zero attached hydrogens (tertiary/aromatic N) is 2. The fourth-order valence-electron chi connectivity index (χ4n) is 2.65. The van der Waals surface area contributed by atoms with E-state index in [9.17, 15) is 8.42 Å². The zero-order valence-corrected chi connectivity index (χ0v) is 19.4. The molecular weight excluding hydrogens is 442 g/mol. The van der Waals surface area contributed by atoms with Crippen LogP contribution in [-0.4, -0.2) is 25.5 Å². The number of benzene rings is 2. The summed E-state index contributed by atoms with van der Waals surface area (Å²) in [5, 5.41) is 0.140. The van der Waals surface area contributed by atoms with Gasteiger partial charge >= 0.3 is 0 Å². The molecule has 0 amide bonds. The smallest absolute Gasteiger partial charge is 0.263 e. The molecule has 0 aliphatic carbocycles. The fraction of sp³-hybridized carbons (Fsp3) is 0.238. The largest absolute Gasteiger partial charge is 0.496 e. The van der Waals surface area contributed by atoms with Crippen molar-refractivity contribution in [2.24, 2.45) is 0 Å². The molecule has 0 atom stereocenters. The van der Waals surface area contributed by atoms with Gasteiger partial charge in [-0.1, -0.05) is 68.4 Å². The van der Waals surface area contributed by atoms with Gasteiger partial charge in [-0.15, -0.1) is 0 Å². The molecule has 0 fully saturated rings. The number of halogens is 1. The van der Waals surface area contributed by atoms with Gasteiger partial charge in [-0.3, -0.25) is 4.72 Å². The van der Waals surface area contributed by atoms with Crippen molar-refractivity contribution in [3.8, 4) is 5.75 Å². The van der Waals surface area contributed by atoms with Crippen molar-refractivity contribution in [3.63, 3.8) is 0 Å². The molecule has 6 nitrogen and oxygen atoms in total. The molecule has 1 aromatic heterocycles. The molecular formula is C21H22ClN3O3S2. The van der Waals surface area contributed by atoms with Gasteiger partial charge in [-0.2, -0.15) is 0 Å². The number of ether oxygens (including phenoxy) is 1. The molecule has 0 aliphatic heterocycles. The number of anilines is 1. The van der Waals surface area contributed by atoms with E-state index >= 15 is 0 Å². The Balaban J connectivity index is 1.94. The average Bonchev–Trinajstić information content (AvgIpc) is 2.70. The molecule has 1 N–H and O–H groups in total. The van der Waals surface area contributed by atoms with E-state index < -0.39 is 10.0 Å². The maximum atomic E-state index is 13.0. The lowest BCUT2D eigenvalue weighted by molar-refractivity contribution is 0.405. The molecule has 0 spiro atoms. The Labute approximate surface area is 186 Å². The minimum Gasteiger partial charge on any atom is -0.496 e.